The molecule has 0 aliphatic rings. The fourth-order valence-corrected chi connectivity index (χ4v) is 1.63. The quantitative estimate of drug-likeness (QED) is 0.739. The van der Waals surface area contributed by atoms with E-state index in [0.29, 0.717) is 10.8 Å². The fraction of sp³-hybridized carbons (Fsp3) is 0.364. The molecule has 15 heavy (non-hydrogen) atoms. The summed E-state index contributed by atoms with van der Waals surface area (Å²) in [7, 11) is 5.25. The standard InChI is InChI=1S/C11H14ClNO2/c1-13(2)10(7-14)8-4-5-11(15-3)9(12)6-8/h4-7,10H,1-3H3. The largest absolute Gasteiger partial charge is 0.495 e. The Hall–Kier alpha value is -1.06. The van der Waals surface area contributed by atoms with Crippen LogP contribution in [0.5, 0.6) is 5.75 Å². The van der Waals surface area contributed by atoms with Gasteiger partial charge >= 0.3 is 0 Å². The molecule has 82 valence electrons. The van der Waals surface area contributed by atoms with Crippen molar-refractivity contribution in [1.29, 1.82) is 0 Å². The molecule has 0 N–H and O–H groups in total. The van der Waals surface area contributed by atoms with Gasteiger partial charge in [0.2, 0.25) is 0 Å². The van der Waals surface area contributed by atoms with Gasteiger partial charge < -0.3 is 9.53 Å². The maximum Gasteiger partial charge on any atom is 0.141 e. The minimum atomic E-state index is -0.270. The summed E-state index contributed by atoms with van der Waals surface area (Å²) in [5, 5.41) is 0.517. The van der Waals surface area contributed by atoms with Crippen molar-refractivity contribution in [3.05, 3.63) is 28.8 Å². The molecular weight excluding hydrogens is 214 g/mol. The Kier molecular flexibility index (Phi) is 4.12. The minimum absolute atomic E-state index is 0.270. The lowest BCUT2D eigenvalue weighted by atomic mass is 10.1. The molecule has 1 aromatic carbocycles. The number of hydrogen-bond acceptors (Lipinski definition) is 3. The van der Waals surface area contributed by atoms with Crippen molar-refractivity contribution < 1.29 is 9.53 Å². The van der Waals surface area contributed by atoms with Gasteiger partial charge in [-0.3, -0.25) is 4.90 Å². The van der Waals surface area contributed by atoms with E-state index in [1.807, 2.05) is 25.1 Å². The Morgan fingerprint density at radius 1 is 1.47 bits per heavy atom. The van der Waals surface area contributed by atoms with E-state index in [4.69, 9.17) is 16.3 Å². The zero-order chi connectivity index (χ0) is 11.4. The topological polar surface area (TPSA) is 29.5 Å². The summed E-state index contributed by atoms with van der Waals surface area (Å²) < 4.78 is 5.04. The second-order valence-electron chi connectivity index (χ2n) is 3.44. The molecule has 1 unspecified atom stereocenters. The second kappa shape index (κ2) is 5.14. The molecule has 0 heterocycles. The molecule has 0 amide bonds. The first-order valence-corrected chi connectivity index (χ1v) is 4.93. The van der Waals surface area contributed by atoms with Crippen molar-refractivity contribution in [2.45, 2.75) is 6.04 Å². The van der Waals surface area contributed by atoms with E-state index in [-0.39, 0.29) is 6.04 Å². The van der Waals surface area contributed by atoms with Gasteiger partial charge in [0, 0.05) is 0 Å². The van der Waals surface area contributed by atoms with Gasteiger partial charge in [0.25, 0.3) is 0 Å². The molecule has 1 atom stereocenters. The van der Waals surface area contributed by atoms with Gasteiger partial charge in [-0.1, -0.05) is 17.7 Å². The van der Waals surface area contributed by atoms with Gasteiger partial charge in [-0.25, -0.2) is 0 Å². The van der Waals surface area contributed by atoms with Crippen LogP contribution in [0.15, 0.2) is 18.2 Å². The molecule has 0 aromatic heterocycles. The van der Waals surface area contributed by atoms with Crippen LogP contribution in [-0.2, 0) is 4.79 Å². The second-order valence-corrected chi connectivity index (χ2v) is 3.85. The molecule has 0 saturated carbocycles. The Bertz CT molecular complexity index is 352. The summed E-state index contributed by atoms with van der Waals surface area (Å²) in [4.78, 5) is 12.7. The molecule has 0 radical (unpaired) electrons. The molecule has 0 bridgehead atoms. The monoisotopic (exact) mass is 227 g/mol. The Morgan fingerprint density at radius 2 is 2.13 bits per heavy atom. The van der Waals surface area contributed by atoms with E-state index in [1.54, 1.807) is 19.2 Å². The molecule has 1 rings (SSSR count). The highest BCUT2D eigenvalue weighted by atomic mass is 35.5. The normalized spacial score (nSPS) is 12.6. The Morgan fingerprint density at radius 3 is 2.53 bits per heavy atom. The first-order valence-electron chi connectivity index (χ1n) is 4.55. The van der Waals surface area contributed by atoms with Crippen molar-refractivity contribution in [2.24, 2.45) is 0 Å². The van der Waals surface area contributed by atoms with E-state index in [0.717, 1.165) is 11.8 Å². The predicted molar refractivity (Wildman–Crippen MR) is 60.5 cm³/mol. The van der Waals surface area contributed by atoms with Crippen LogP contribution in [0.2, 0.25) is 5.02 Å². The van der Waals surface area contributed by atoms with Gasteiger partial charge in [-0.2, -0.15) is 0 Å². The first kappa shape index (κ1) is 12.0. The van der Waals surface area contributed by atoms with E-state index in [1.165, 1.54) is 0 Å². The summed E-state index contributed by atoms with van der Waals surface area (Å²) in [6, 6.07) is 5.08. The van der Waals surface area contributed by atoms with Crippen molar-refractivity contribution in [3.8, 4) is 5.75 Å². The number of halogens is 1. The number of rotatable bonds is 4. The SMILES string of the molecule is COc1ccc(C(C=O)N(C)C)cc1Cl. The van der Waals surface area contributed by atoms with Crippen molar-refractivity contribution in [1.82, 2.24) is 4.90 Å². The van der Waals surface area contributed by atoms with Gasteiger partial charge in [0.15, 0.2) is 0 Å². The highest BCUT2D eigenvalue weighted by Crippen LogP contribution is 2.28. The first-order chi connectivity index (χ1) is 7.10. The zero-order valence-corrected chi connectivity index (χ0v) is 9.78. The number of nitrogens with zero attached hydrogens (tertiary/aromatic N) is 1. The maximum absolute atomic E-state index is 10.9. The molecule has 1 aromatic rings. The van der Waals surface area contributed by atoms with Crippen LogP contribution in [0.1, 0.15) is 11.6 Å². The average Bonchev–Trinajstić information content (AvgIpc) is 2.18. The van der Waals surface area contributed by atoms with Crippen LogP contribution >= 0.6 is 11.6 Å². The molecule has 0 aliphatic carbocycles. The summed E-state index contributed by atoms with van der Waals surface area (Å²) in [6.07, 6.45) is 0.887. The number of likely N-dealkylation sites (N-methyl/N-ethyl adjacent to an activating group) is 1. The van der Waals surface area contributed by atoms with Gasteiger partial charge in [0.1, 0.15) is 12.0 Å². The lowest BCUT2D eigenvalue weighted by molar-refractivity contribution is -0.111. The number of ether oxygens (including phenoxy) is 1. The third kappa shape index (κ3) is 2.70. The predicted octanol–water partition coefficient (Wildman–Crippen LogP) is 2.15. The van der Waals surface area contributed by atoms with E-state index in [9.17, 15) is 4.79 Å². The van der Waals surface area contributed by atoms with Crippen LogP contribution in [0.25, 0.3) is 0 Å². The summed E-state index contributed by atoms with van der Waals surface area (Å²) in [5.41, 5.74) is 0.862. The fourth-order valence-electron chi connectivity index (χ4n) is 1.37. The number of carbonyl (C=O) groups excluding carboxylic acids is 1. The Labute approximate surface area is 94.6 Å². The van der Waals surface area contributed by atoms with Crippen LogP contribution in [0, 0.1) is 0 Å². The lowest BCUT2D eigenvalue weighted by Gasteiger charge is -2.19. The summed E-state index contributed by atoms with van der Waals surface area (Å²) in [5.74, 6) is 0.615. The van der Waals surface area contributed by atoms with E-state index in [2.05, 4.69) is 0 Å². The number of carbonyl (C=O) groups is 1. The van der Waals surface area contributed by atoms with Crippen LogP contribution in [0.4, 0.5) is 0 Å². The molecule has 3 nitrogen and oxygen atoms in total. The molecule has 4 heteroatoms. The highest BCUT2D eigenvalue weighted by molar-refractivity contribution is 6.32. The number of hydrogen-bond donors (Lipinski definition) is 0. The van der Waals surface area contributed by atoms with Gasteiger partial charge in [-0.05, 0) is 31.8 Å². The van der Waals surface area contributed by atoms with Crippen molar-refractivity contribution >= 4 is 17.9 Å². The summed E-state index contributed by atoms with van der Waals surface area (Å²) >= 11 is 5.98. The number of aldehydes is 1. The van der Waals surface area contributed by atoms with Crippen molar-refractivity contribution in [3.63, 3.8) is 0 Å². The van der Waals surface area contributed by atoms with Crippen LogP contribution in [0.3, 0.4) is 0 Å². The van der Waals surface area contributed by atoms with Gasteiger partial charge in [0.05, 0.1) is 18.2 Å². The zero-order valence-electron chi connectivity index (χ0n) is 9.03. The van der Waals surface area contributed by atoms with Crippen LogP contribution < -0.4 is 4.74 Å². The smallest absolute Gasteiger partial charge is 0.141 e. The summed E-state index contributed by atoms with van der Waals surface area (Å²) in [6.45, 7) is 0. The third-order valence-corrected chi connectivity index (χ3v) is 2.50. The molecule has 0 fully saturated rings. The molecule has 0 spiro atoms. The molecule has 0 aliphatic heterocycles. The minimum Gasteiger partial charge on any atom is -0.495 e. The molecule has 0 saturated heterocycles. The third-order valence-electron chi connectivity index (χ3n) is 2.20. The van der Waals surface area contributed by atoms with Gasteiger partial charge in [-0.15, -0.1) is 0 Å². The van der Waals surface area contributed by atoms with E-state index < -0.39 is 0 Å². The highest BCUT2D eigenvalue weighted by Gasteiger charge is 2.14. The molecular formula is C11H14ClNO2. The number of methoxy groups -OCH3 is 1. The van der Waals surface area contributed by atoms with E-state index >= 15 is 0 Å². The van der Waals surface area contributed by atoms with Crippen molar-refractivity contribution in [2.75, 3.05) is 21.2 Å². The average molecular weight is 228 g/mol. The lowest BCUT2D eigenvalue weighted by Crippen LogP contribution is -2.20. The number of benzene rings is 1. The maximum atomic E-state index is 10.9. The Balaban J connectivity index is 3.05. The van der Waals surface area contributed by atoms with Crippen LogP contribution in [-0.4, -0.2) is 32.4 Å².